The van der Waals surface area contributed by atoms with Crippen LogP contribution in [0.3, 0.4) is 0 Å². The summed E-state index contributed by atoms with van der Waals surface area (Å²) in [5.74, 6) is -4.47. The van der Waals surface area contributed by atoms with Gasteiger partial charge in [-0.1, -0.05) is 5.16 Å². The number of carbonyl (C=O) groups excluding carboxylic acids is 2. The monoisotopic (exact) mass is 458 g/mol. The van der Waals surface area contributed by atoms with Gasteiger partial charge in [0, 0.05) is 25.6 Å². The molecule has 1 aliphatic heterocycles. The Labute approximate surface area is 185 Å². The minimum atomic E-state index is -2.72. The highest BCUT2D eigenvalue weighted by atomic mass is 19.3. The van der Waals surface area contributed by atoms with E-state index in [4.69, 9.17) is 4.63 Å². The summed E-state index contributed by atoms with van der Waals surface area (Å²) in [6, 6.07) is 1.38. The van der Waals surface area contributed by atoms with E-state index in [0.717, 1.165) is 12.8 Å². The number of alkyl halides is 2. The Morgan fingerprint density at radius 3 is 2.97 bits per heavy atom. The third kappa shape index (κ3) is 3.56. The molecule has 6 rings (SSSR count). The van der Waals surface area contributed by atoms with Gasteiger partial charge in [-0.3, -0.25) is 4.79 Å². The topological polar surface area (TPSA) is 131 Å². The van der Waals surface area contributed by atoms with Gasteiger partial charge >= 0.3 is 6.03 Å². The standard InChI is InChI=1S/C20H20F2N8O3/c21-20(22)13-6-24-19(32)29(9-14(13)20)7-10-3-15-26-12(8-30(15)25-4-10)5-23-18(31)17-16(11-1-2-11)27-33-28-17/h3-4,8,11,13-14H,1-2,5-7,9H2,(H,23,31)(H,24,32). The molecule has 2 unspecified atom stereocenters. The molecule has 0 spiro atoms. The fourth-order valence-corrected chi connectivity index (χ4v) is 4.34. The maximum absolute atomic E-state index is 13.8. The Hall–Kier alpha value is -3.64. The number of imidazole rings is 1. The van der Waals surface area contributed by atoms with E-state index in [1.54, 1.807) is 23.0 Å². The second kappa shape index (κ2) is 7.18. The van der Waals surface area contributed by atoms with Gasteiger partial charge in [-0.2, -0.15) is 5.10 Å². The van der Waals surface area contributed by atoms with Crippen molar-refractivity contribution in [3.63, 3.8) is 0 Å². The fourth-order valence-electron chi connectivity index (χ4n) is 4.34. The molecular formula is C20H20F2N8O3. The van der Waals surface area contributed by atoms with E-state index < -0.39 is 17.8 Å². The minimum Gasteiger partial charge on any atom is -0.345 e. The number of fused-ring (bicyclic) bond motifs is 2. The lowest BCUT2D eigenvalue weighted by atomic mass is 10.2. The zero-order chi connectivity index (χ0) is 22.7. The van der Waals surface area contributed by atoms with Crippen LogP contribution < -0.4 is 10.6 Å². The molecule has 1 saturated heterocycles. The van der Waals surface area contributed by atoms with Crippen molar-refractivity contribution in [2.75, 3.05) is 13.1 Å². The first-order valence-corrected chi connectivity index (χ1v) is 10.7. The van der Waals surface area contributed by atoms with Gasteiger partial charge in [0.05, 0.1) is 36.5 Å². The highest BCUT2D eigenvalue weighted by Gasteiger charge is 2.69. The summed E-state index contributed by atoms with van der Waals surface area (Å²) in [7, 11) is 0. The molecule has 0 radical (unpaired) electrons. The summed E-state index contributed by atoms with van der Waals surface area (Å²) < 4.78 is 33.8. The molecule has 2 atom stereocenters. The number of amides is 3. The third-order valence-electron chi connectivity index (χ3n) is 6.47. The summed E-state index contributed by atoms with van der Waals surface area (Å²) in [6.45, 7) is 0.296. The van der Waals surface area contributed by atoms with Crippen LogP contribution in [0, 0.1) is 11.8 Å². The van der Waals surface area contributed by atoms with Crippen LogP contribution >= 0.6 is 0 Å². The third-order valence-corrected chi connectivity index (χ3v) is 6.47. The van der Waals surface area contributed by atoms with E-state index in [0.29, 0.717) is 22.6 Å². The average molecular weight is 458 g/mol. The molecule has 3 aromatic heterocycles. The number of halogens is 2. The summed E-state index contributed by atoms with van der Waals surface area (Å²) in [5.41, 5.74) is 2.54. The molecule has 2 saturated carbocycles. The Balaban J connectivity index is 1.13. The van der Waals surface area contributed by atoms with Gasteiger partial charge in [-0.05, 0) is 29.6 Å². The van der Waals surface area contributed by atoms with E-state index in [1.807, 2.05) is 0 Å². The first kappa shape index (κ1) is 20.0. The predicted molar refractivity (Wildman–Crippen MR) is 106 cm³/mol. The molecule has 13 heteroatoms. The summed E-state index contributed by atoms with van der Waals surface area (Å²) in [5, 5.41) is 17.1. The lowest BCUT2D eigenvalue weighted by Gasteiger charge is -2.21. The highest BCUT2D eigenvalue weighted by Crippen LogP contribution is 2.55. The SMILES string of the molecule is O=C(NCc1cn2ncc(CN3CC4C(CNC3=O)C4(F)F)cc2n1)c1nonc1C1CC1. The first-order chi connectivity index (χ1) is 15.9. The Morgan fingerprint density at radius 2 is 2.15 bits per heavy atom. The van der Waals surface area contributed by atoms with E-state index in [9.17, 15) is 18.4 Å². The van der Waals surface area contributed by atoms with E-state index in [2.05, 4.69) is 31.0 Å². The minimum absolute atomic E-state index is 0.000150. The molecule has 0 aromatic carbocycles. The summed E-state index contributed by atoms with van der Waals surface area (Å²) in [6.07, 6.45) is 5.19. The van der Waals surface area contributed by atoms with Gasteiger partial charge in [0.25, 0.3) is 11.8 Å². The molecule has 172 valence electrons. The van der Waals surface area contributed by atoms with Crippen LogP contribution in [0.25, 0.3) is 5.65 Å². The second-order valence-corrected chi connectivity index (χ2v) is 8.81. The molecule has 3 amide bonds. The normalized spacial score (nSPS) is 23.7. The van der Waals surface area contributed by atoms with Crippen LogP contribution in [0.1, 0.15) is 46.2 Å². The average Bonchev–Trinajstić information content (AvgIpc) is 3.59. The Morgan fingerprint density at radius 1 is 1.30 bits per heavy atom. The van der Waals surface area contributed by atoms with Gasteiger partial charge in [-0.25, -0.2) is 27.7 Å². The molecule has 0 bridgehead atoms. The Kier molecular flexibility index (Phi) is 4.35. The first-order valence-electron chi connectivity index (χ1n) is 10.7. The molecule has 33 heavy (non-hydrogen) atoms. The molecule has 3 aromatic rings. The maximum Gasteiger partial charge on any atom is 0.317 e. The summed E-state index contributed by atoms with van der Waals surface area (Å²) in [4.78, 5) is 30.5. The van der Waals surface area contributed by atoms with Crippen molar-refractivity contribution in [2.24, 2.45) is 11.8 Å². The van der Waals surface area contributed by atoms with Gasteiger partial charge < -0.3 is 15.5 Å². The molecule has 2 aliphatic carbocycles. The Bertz CT molecular complexity index is 1250. The number of hydrogen-bond acceptors (Lipinski definition) is 7. The number of rotatable bonds is 6. The van der Waals surface area contributed by atoms with Crippen LogP contribution in [0.4, 0.5) is 13.6 Å². The predicted octanol–water partition coefficient (Wildman–Crippen LogP) is 1.33. The zero-order valence-corrected chi connectivity index (χ0v) is 17.4. The summed E-state index contributed by atoms with van der Waals surface area (Å²) >= 11 is 0. The van der Waals surface area contributed by atoms with Crippen molar-refractivity contribution in [1.82, 2.24) is 40.4 Å². The van der Waals surface area contributed by atoms with Crippen molar-refractivity contribution in [3.8, 4) is 0 Å². The quantitative estimate of drug-likeness (QED) is 0.570. The van der Waals surface area contributed by atoms with Gasteiger partial charge in [0.2, 0.25) is 0 Å². The molecule has 11 nitrogen and oxygen atoms in total. The van der Waals surface area contributed by atoms with Gasteiger partial charge in [-0.15, -0.1) is 0 Å². The number of urea groups is 1. The van der Waals surface area contributed by atoms with Gasteiger partial charge in [0.15, 0.2) is 11.3 Å². The smallest absolute Gasteiger partial charge is 0.317 e. The number of aromatic nitrogens is 5. The largest absolute Gasteiger partial charge is 0.345 e. The number of nitrogens with zero attached hydrogens (tertiary/aromatic N) is 6. The number of nitrogens with one attached hydrogen (secondary N) is 2. The van der Waals surface area contributed by atoms with Crippen molar-refractivity contribution < 1.29 is 23.0 Å². The highest BCUT2D eigenvalue weighted by molar-refractivity contribution is 5.93. The van der Waals surface area contributed by atoms with E-state index in [1.165, 1.54) is 4.90 Å². The van der Waals surface area contributed by atoms with Crippen LogP contribution in [0.2, 0.25) is 0 Å². The van der Waals surface area contributed by atoms with E-state index in [-0.39, 0.29) is 49.7 Å². The maximum atomic E-state index is 13.8. The molecule has 4 heterocycles. The van der Waals surface area contributed by atoms with Crippen molar-refractivity contribution >= 4 is 17.6 Å². The van der Waals surface area contributed by atoms with E-state index >= 15 is 0 Å². The molecule has 2 N–H and O–H groups in total. The van der Waals surface area contributed by atoms with Crippen LogP contribution in [-0.2, 0) is 13.1 Å². The van der Waals surface area contributed by atoms with Crippen LogP contribution in [-0.4, -0.2) is 60.8 Å². The van der Waals surface area contributed by atoms with Crippen molar-refractivity contribution in [1.29, 1.82) is 0 Å². The van der Waals surface area contributed by atoms with Crippen molar-refractivity contribution in [3.05, 3.63) is 41.1 Å². The molecular weight excluding hydrogens is 438 g/mol. The van der Waals surface area contributed by atoms with Crippen molar-refractivity contribution in [2.45, 2.75) is 37.8 Å². The number of carbonyl (C=O) groups is 2. The lowest BCUT2D eigenvalue weighted by molar-refractivity contribution is 0.0739. The second-order valence-electron chi connectivity index (χ2n) is 8.81. The lowest BCUT2D eigenvalue weighted by Crippen LogP contribution is -2.40. The molecule has 3 aliphatic rings. The van der Waals surface area contributed by atoms with Crippen LogP contribution in [0.5, 0.6) is 0 Å². The molecule has 3 fully saturated rings. The number of hydrogen-bond donors (Lipinski definition) is 2. The van der Waals surface area contributed by atoms with Crippen LogP contribution in [0.15, 0.2) is 23.1 Å². The fraction of sp³-hybridized carbons (Fsp3) is 0.500. The van der Waals surface area contributed by atoms with Gasteiger partial charge in [0.1, 0.15) is 5.69 Å². The zero-order valence-electron chi connectivity index (χ0n) is 17.4.